The van der Waals surface area contributed by atoms with Gasteiger partial charge in [0.25, 0.3) is 0 Å². The molecule has 37 heteroatoms. The van der Waals surface area contributed by atoms with Gasteiger partial charge in [-0.1, -0.05) is 76.9 Å². The Bertz CT molecular complexity index is 2980. The summed E-state index contributed by atoms with van der Waals surface area (Å²) >= 11 is 1.29. The van der Waals surface area contributed by atoms with Crippen molar-refractivity contribution in [1.29, 1.82) is 0 Å². The molecule has 14 amide bonds. The third-order valence-corrected chi connectivity index (χ3v) is 20.8. The maximum Gasteiger partial charge on any atom is 0.246 e. The number of aliphatic hydroxyl groups is 1. The molecule has 4 aliphatic heterocycles. The normalized spacial score (nSPS) is 26.8. The number of aromatic amines is 1. The Balaban J connectivity index is 1.40. The van der Waals surface area contributed by atoms with Gasteiger partial charge < -0.3 is 90.3 Å². The first-order valence-electron chi connectivity index (χ1n) is 30.3. The molecule has 2 aromatic rings. The van der Waals surface area contributed by atoms with E-state index in [0.29, 0.717) is 23.4 Å². The van der Waals surface area contributed by atoms with E-state index in [1.54, 1.807) is 45.2 Å². The van der Waals surface area contributed by atoms with Gasteiger partial charge in [0, 0.05) is 72.0 Å². The van der Waals surface area contributed by atoms with Crippen LogP contribution in [0.1, 0.15) is 83.2 Å². The molecular weight excluding hydrogens is 1310 g/mol. The first-order chi connectivity index (χ1) is 44.3. The zero-order valence-electron chi connectivity index (χ0n) is 51.7. The molecule has 12 atom stereocenters. The van der Waals surface area contributed by atoms with Crippen LogP contribution in [0.4, 0.5) is 0 Å². The summed E-state index contributed by atoms with van der Waals surface area (Å²) in [6, 6.07) is -11.8. The molecule has 0 spiro atoms. The Morgan fingerprint density at radius 1 is 0.720 bits per heavy atom. The van der Waals surface area contributed by atoms with Crippen molar-refractivity contribution >= 4 is 137 Å². The lowest BCUT2D eigenvalue weighted by Gasteiger charge is -2.31. The Morgan fingerprint density at radius 2 is 1.39 bits per heavy atom. The number of amides is 14. The van der Waals surface area contributed by atoms with E-state index in [1.807, 2.05) is 0 Å². The van der Waals surface area contributed by atoms with Crippen LogP contribution in [-0.4, -0.2) is 224 Å². The Hall–Kier alpha value is -7.19. The minimum atomic E-state index is -1.57. The lowest BCUT2D eigenvalue weighted by atomic mass is 10.0. The minimum Gasteiger partial charge on any atom is -0.391 e. The number of aromatic nitrogens is 2. The molecule has 0 saturated carbocycles. The third kappa shape index (κ3) is 23.7. The quantitative estimate of drug-likeness (QED) is 0.0492. The lowest BCUT2D eigenvalue weighted by molar-refractivity contribution is -0.142. The Labute approximate surface area is 556 Å². The molecule has 0 aromatic carbocycles. The van der Waals surface area contributed by atoms with Crippen molar-refractivity contribution < 1.29 is 72.2 Å². The predicted molar refractivity (Wildman–Crippen MR) is 347 cm³/mol. The molecule has 18 N–H and O–H groups in total. The van der Waals surface area contributed by atoms with Crippen LogP contribution < -0.4 is 75.3 Å². The fourth-order valence-electron chi connectivity index (χ4n) is 10.1. The number of rotatable bonds is 18. The summed E-state index contributed by atoms with van der Waals surface area (Å²) in [5.74, 6) is -13.7. The summed E-state index contributed by atoms with van der Waals surface area (Å²) in [6.07, 6.45) is 2.05. The standard InChI is InChI=1S/C56H83N17O15S5/c1-27(2)14-34-50(82)70-39-24-93-91-23-38(48(80)61-19-43(76)64-35(17-31-8-7-13-89-31)51(83)65-32(49(81)66-34)9-5-6-12-57)69-53(85)40(71-55(87)45(28(3)4)72-44(77)20-60-47(79)33-10-11-42(75)63-33)25-92-90-22-37(46(58)78)68-54(86)41-16-30(74)21-73(41)56(88)36(67-52(39)84)15-29-18-59-26-62-29/h7-8,13,18,26-28,30,32-41,45,74H,5-6,9-12,14-17,19-25,57H2,1-4H3,(H2,58,78)(H,59,62)(H,60,79)(H,61,80)(H,63,75)(H,64,76)(H,65,83)(H,66,81)(H,67,84)(H,68,86)(H,69,85)(H,70,82)(H,71,87)(H,72,77)/t30-,32+,33+,34+,35+,36+,37+,38+,39+,40+,41+,45+/m1/s1. The van der Waals surface area contributed by atoms with E-state index in [0.717, 1.165) is 48.1 Å². The number of nitrogens with zero attached hydrogens (tertiary/aromatic N) is 2. The largest absolute Gasteiger partial charge is 0.391 e. The molecule has 0 unspecified atom stereocenters. The lowest BCUT2D eigenvalue weighted by Crippen LogP contribution is -2.61. The Morgan fingerprint density at radius 3 is 2.03 bits per heavy atom. The van der Waals surface area contributed by atoms with Gasteiger partial charge in [0.2, 0.25) is 82.7 Å². The fraction of sp³-hybridized carbons (Fsp3) is 0.625. The molecule has 4 fully saturated rings. The second kappa shape index (κ2) is 37.0. The molecule has 512 valence electrons. The van der Waals surface area contributed by atoms with Gasteiger partial charge >= 0.3 is 0 Å². The number of nitrogens with one attached hydrogen (secondary N) is 13. The first kappa shape index (κ1) is 74.8. The number of hydrogen-bond acceptors (Lipinski definition) is 22. The number of fused-ring (bicyclic) bond motifs is 6. The number of hydrogen-bond donors (Lipinski definition) is 16. The Kier molecular flexibility index (Phi) is 29.8. The van der Waals surface area contributed by atoms with Crippen LogP contribution in [0.5, 0.6) is 0 Å². The molecule has 93 heavy (non-hydrogen) atoms. The molecule has 0 radical (unpaired) electrons. The highest BCUT2D eigenvalue weighted by atomic mass is 33.1. The highest BCUT2D eigenvalue weighted by Gasteiger charge is 2.44. The molecule has 6 heterocycles. The number of primary amides is 1. The van der Waals surface area contributed by atoms with Crippen molar-refractivity contribution in [3.05, 3.63) is 40.6 Å². The molecule has 2 aromatic heterocycles. The molecule has 32 nitrogen and oxygen atoms in total. The number of carbonyl (C=O) groups excluding carboxylic acids is 14. The zero-order valence-corrected chi connectivity index (χ0v) is 55.8. The van der Waals surface area contributed by atoms with E-state index in [-0.39, 0.29) is 86.3 Å². The summed E-state index contributed by atoms with van der Waals surface area (Å²) in [6.45, 7) is 5.28. The highest BCUT2D eigenvalue weighted by Crippen LogP contribution is 2.27. The van der Waals surface area contributed by atoms with Gasteiger partial charge in [0.15, 0.2) is 0 Å². The summed E-state index contributed by atoms with van der Waals surface area (Å²) < 4.78 is 0. The van der Waals surface area contributed by atoms with E-state index >= 15 is 0 Å². The topological polar surface area (TPSA) is 488 Å². The van der Waals surface area contributed by atoms with Crippen molar-refractivity contribution in [3.63, 3.8) is 0 Å². The molecule has 2 bridgehead atoms. The SMILES string of the molecule is CC(C)C[C@@H]1NC(=O)[C@H](CCCCN)NC(=O)[C@H](Cc2cccs2)NC(=O)CNC(=O)[C@@H]2CSSC[C@H](NC1=O)C(=O)N[C@@H](Cc1cnc[nH]1)C(=O)N1C[C@H](O)C[C@H]1C(=O)N[C@H](C(N)=O)CSSC[C@H](NC(=O)[C@@H](NC(=O)CNC(=O)[C@@H]1CCC(=O)N1)C(C)C)C(=O)N2. The minimum absolute atomic E-state index is 0.0113. The number of aliphatic hydroxyl groups excluding tert-OH is 1. The molecular formula is C56H83N17O15S5. The average Bonchev–Trinajstić information content (AvgIpc) is 2.15. The van der Waals surface area contributed by atoms with Crippen molar-refractivity contribution in [2.45, 2.75) is 158 Å². The van der Waals surface area contributed by atoms with Crippen molar-refractivity contribution in [3.8, 4) is 0 Å². The van der Waals surface area contributed by atoms with Gasteiger partial charge in [-0.05, 0) is 61.9 Å². The third-order valence-electron chi connectivity index (χ3n) is 15.1. The van der Waals surface area contributed by atoms with E-state index in [9.17, 15) is 72.2 Å². The second-order valence-electron chi connectivity index (χ2n) is 23.3. The van der Waals surface area contributed by atoms with Crippen molar-refractivity contribution in [1.82, 2.24) is 78.7 Å². The second-order valence-corrected chi connectivity index (χ2v) is 29.5. The summed E-state index contributed by atoms with van der Waals surface area (Å²) in [4.78, 5) is 205. The number of imidazole rings is 1. The highest BCUT2D eigenvalue weighted by molar-refractivity contribution is 8.77. The predicted octanol–water partition coefficient (Wildman–Crippen LogP) is -4.80. The summed E-state index contributed by atoms with van der Waals surface area (Å²) in [5, 5.41) is 44.2. The van der Waals surface area contributed by atoms with Crippen LogP contribution in [0.2, 0.25) is 0 Å². The van der Waals surface area contributed by atoms with Gasteiger partial charge in [0.05, 0.1) is 25.5 Å². The maximum atomic E-state index is 15.0. The smallest absolute Gasteiger partial charge is 0.246 e. The van der Waals surface area contributed by atoms with Gasteiger partial charge in [-0.2, -0.15) is 0 Å². The molecule has 6 rings (SSSR count). The number of carbonyl (C=O) groups is 14. The van der Waals surface area contributed by atoms with Crippen LogP contribution >= 0.6 is 54.5 Å². The van der Waals surface area contributed by atoms with Gasteiger partial charge in [-0.3, -0.25) is 67.1 Å². The average molecular weight is 1390 g/mol. The number of thiophene rings is 1. The van der Waals surface area contributed by atoms with Gasteiger partial charge in [0.1, 0.15) is 66.5 Å². The van der Waals surface area contributed by atoms with Crippen molar-refractivity contribution in [2.24, 2.45) is 23.3 Å². The van der Waals surface area contributed by atoms with Gasteiger partial charge in [-0.15, -0.1) is 11.3 Å². The van der Waals surface area contributed by atoms with Crippen LogP contribution in [0.3, 0.4) is 0 Å². The van der Waals surface area contributed by atoms with Crippen LogP contribution in [0.15, 0.2) is 30.0 Å². The van der Waals surface area contributed by atoms with E-state index in [1.165, 1.54) is 23.9 Å². The molecule has 4 aliphatic rings. The van der Waals surface area contributed by atoms with E-state index in [2.05, 4.69) is 73.8 Å². The van der Waals surface area contributed by atoms with Crippen LogP contribution in [0.25, 0.3) is 0 Å². The number of H-pyrrole nitrogens is 1. The van der Waals surface area contributed by atoms with E-state index in [4.69, 9.17) is 11.5 Å². The number of unbranched alkanes of at least 4 members (excludes halogenated alkanes) is 1. The summed E-state index contributed by atoms with van der Waals surface area (Å²) in [5.41, 5.74) is 12.0. The number of nitrogens with two attached hydrogens (primary N) is 2. The summed E-state index contributed by atoms with van der Waals surface area (Å²) in [7, 11) is 3.72. The monoisotopic (exact) mass is 1390 g/mol. The zero-order chi connectivity index (χ0) is 67.9. The fourth-order valence-corrected chi connectivity index (χ4v) is 15.5. The maximum absolute atomic E-state index is 15.0. The van der Waals surface area contributed by atoms with E-state index < -0.39 is 175 Å². The van der Waals surface area contributed by atoms with Crippen molar-refractivity contribution in [2.75, 3.05) is 49.2 Å². The molecule has 0 aliphatic carbocycles. The molecule has 4 saturated heterocycles. The van der Waals surface area contributed by atoms with Crippen LogP contribution in [0, 0.1) is 11.8 Å². The van der Waals surface area contributed by atoms with Gasteiger partial charge in [-0.25, -0.2) is 4.98 Å². The first-order valence-corrected chi connectivity index (χ1v) is 36.2. The van der Waals surface area contributed by atoms with Crippen LogP contribution in [-0.2, 0) is 80.0 Å².